The molecule has 68 valence electrons. The number of rotatable bonds is 1. The minimum atomic E-state index is -0.0829. The molecule has 2 aromatic heterocycles. The number of nitrogens with zero attached hydrogens (tertiary/aromatic N) is 3. The maximum absolute atomic E-state index is 5.75. The molecule has 4 nitrogen and oxygen atoms in total. The molecule has 1 atom stereocenters. The van der Waals surface area contributed by atoms with Crippen LogP contribution in [-0.4, -0.2) is 14.6 Å². The number of halogens is 1. The topological polar surface area (TPSA) is 56.2 Å². The average Bonchev–Trinajstić information content (AvgIpc) is 2.46. The lowest BCUT2D eigenvalue weighted by molar-refractivity contribution is 0.755. The molecule has 2 aromatic rings. The van der Waals surface area contributed by atoms with Crippen LogP contribution in [-0.2, 0) is 0 Å². The first-order valence-corrected chi connectivity index (χ1v) is 4.31. The van der Waals surface area contributed by atoms with Crippen LogP contribution >= 0.6 is 11.6 Å². The Hall–Kier alpha value is -1.13. The van der Waals surface area contributed by atoms with Crippen LogP contribution in [0.25, 0.3) is 5.65 Å². The van der Waals surface area contributed by atoms with E-state index in [9.17, 15) is 0 Å². The van der Waals surface area contributed by atoms with Gasteiger partial charge in [0, 0.05) is 18.3 Å². The van der Waals surface area contributed by atoms with Crippen molar-refractivity contribution >= 4 is 17.2 Å². The second kappa shape index (κ2) is 2.97. The van der Waals surface area contributed by atoms with Crippen LogP contribution in [0.15, 0.2) is 18.5 Å². The molecule has 0 saturated carbocycles. The molecule has 0 fully saturated rings. The summed E-state index contributed by atoms with van der Waals surface area (Å²) in [5.74, 6) is 0. The van der Waals surface area contributed by atoms with Crippen molar-refractivity contribution in [3.8, 4) is 0 Å². The number of hydrogen-bond donors (Lipinski definition) is 1. The van der Waals surface area contributed by atoms with Crippen molar-refractivity contribution in [3.63, 3.8) is 0 Å². The molecule has 0 saturated heterocycles. The van der Waals surface area contributed by atoms with Crippen LogP contribution in [0.3, 0.4) is 0 Å². The van der Waals surface area contributed by atoms with Crippen LogP contribution < -0.4 is 5.73 Å². The van der Waals surface area contributed by atoms with Gasteiger partial charge in [-0.2, -0.15) is 5.10 Å². The molecule has 2 heterocycles. The third-order valence-electron chi connectivity index (χ3n) is 1.77. The highest BCUT2D eigenvalue weighted by Gasteiger charge is 2.06. The highest BCUT2D eigenvalue weighted by atomic mass is 35.5. The van der Waals surface area contributed by atoms with E-state index in [1.807, 2.05) is 13.0 Å². The van der Waals surface area contributed by atoms with Crippen molar-refractivity contribution in [1.82, 2.24) is 14.6 Å². The minimum absolute atomic E-state index is 0.0829. The monoisotopic (exact) mass is 196 g/mol. The Bertz CT molecular complexity index is 435. The average molecular weight is 197 g/mol. The quantitative estimate of drug-likeness (QED) is 0.750. The van der Waals surface area contributed by atoms with Crippen LogP contribution in [0.1, 0.15) is 18.7 Å². The Kier molecular flexibility index (Phi) is 1.94. The zero-order valence-corrected chi connectivity index (χ0v) is 7.86. The van der Waals surface area contributed by atoms with Crippen molar-refractivity contribution in [2.24, 2.45) is 5.73 Å². The molecule has 1 unspecified atom stereocenters. The molecule has 5 heteroatoms. The van der Waals surface area contributed by atoms with E-state index in [-0.39, 0.29) is 6.04 Å². The zero-order chi connectivity index (χ0) is 9.42. The molecule has 13 heavy (non-hydrogen) atoms. The van der Waals surface area contributed by atoms with Crippen LogP contribution in [0.2, 0.25) is 5.02 Å². The first-order valence-electron chi connectivity index (χ1n) is 3.93. The van der Waals surface area contributed by atoms with Crippen LogP contribution in [0.4, 0.5) is 0 Å². The summed E-state index contributed by atoms with van der Waals surface area (Å²) in [5, 5.41) is 4.78. The number of aromatic nitrogens is 3. The van der Waals surface area contributed by atoms with Gasteiger partial charge < -0.3 is 5.73 Å². The normalized spacial score (nSPS) is 13.5. The third-order valence-corrected chi connectivity index (χ3v) is 1.96. The summed E-state index contributed by atoms with van der Waals surface area (Å²) in [7, 11) is 0. The van der Waals surface area contributed by atoms with Crippen molar-refractivity contribution in [3.05, 3.63) is 29.2 Å². The summed E-state index contributed by atoms with van der Waals surface area (Å²) in [6.45, 7) is 1.88. The molecule has 0 amide bonds. The van der Waals surface area contributed by atoms with Crippen LogP contribution in [0, 0.1) is 0 Å². The number of fused-ring (bicyclic) bond motifs is 1. The van der Waals surface area contributed by atoms with Gasteiger partial charge in [-0.1, -0.05) is 11.6 Å². The Morgan fingerprint density at radius 2 is 2.38 bits per heavy atom. The standard InChI is InChI=1S/C8H9ClN4/c1-5(10)7-2-8-11-3-6(9)4-13(8)12-7/h2-5H,10H2,1H3. The molecular weight excluding hydrogens is 188 g/mol. The second-order valence-electron chi connectivity index (χ2n) is 2.93. The number of nitrogens with two attached hydrogens (primary N) is 1. The SMILES string of the molecule is CC(N)c1cc2ncc(Cl)cn2n1. The van der Waals surface area contributed by atoms with Gasteiger partial charge in [0.2, 0.25) is 0 Å². The van der Waals surface area contributed by atoms with Gasteiger partial charge in [0.15, 0.2) is 5.65 Å². The summed E-state index contributed by atoms with van der Waals surface area (Å²) >= 11 is 5.75. The molecule has 2 rings (SSSR count). The van der Waals surface area contributed by atoms with E-state index in [0.29, 0.717) is 5.02 Å². The predicted octanol–water partition coefficient (Wildman–Crippen LogP) is 1.40. The van der Waals surface area contributed by atoms with E-state index in [4.69, 9.17) is 17.3 Å². The Morgan fingerprint density at radius 3 is 3.08 bits per heavy atom. The summed E-state index contributed by atoms with van der Waals surface area (Å²) in [6, 6.07) is 1.77. The first kappa shape index (κ1) is 8.47. The van der Waals surface area contributed by atoms with Crippen molar-refractivity contribution < 1.29 is 0 Å². The highest BCUT2D eigenvalue weighted by molar-refractivity contribution is 6.30. The third kappa shape index (κ3) is 1.50. The van der Waals surface area contributed by atoms with Crippen molar-refractivity contribution in [2.45, 2.75) is 13.0 Å². The molecule has 0 aliphatic rings. The van der Waals surface area contributed by atoms with Gasteiger partial charge >= 0.3 is 0 Å². The first-order chi connectivity index (χ1) is 6.16. The van der Waals surface area contributed by atoms with E-state index >= 15 is 0 Å². The van der Waals surface area contributed by atoms with Crippen LogP contribution in [0.5, 0.6) is 0 Å². The zero-order valence-electron chi connectivity index (χ0n) is 7.11. The van der Waals surface area contributed by atoms with Gasteiger partial charge in [-0.25, -0.2) is 9.50 Å². The van der Waals surface area contributed by atoms with Gasteiger partial charge in [0.25, 0.3) is 0 Å². The van der Waals surface area contributed by atoms with E-state index < -0.39 is 0 Å². The van der Waals surface area contributed by atoms with Gasteiger partial charge in [-0.3, -0.25) is 0 Å². The van der Waals surface area contributed by atoms with Crippen molar-refractivity contribution in [1.29, 1.82) is 0 Å². The summed E-state index contributed by atoms with van der Waals surface area (Å²) in [6.07, 6.45) is 3.29. The van der Waals surface area contributed by atoms with Gasteiger partial charge in [-0.15, -0.1) is 0 Å². The molecule has 0 spiro atoms. The smallest absolute Gasteiger partial charge is 0.155 e. The number of hydrogen-bond acceptors (Lipinski definition) is 3. The fraction of sp³-hybridized carbons (Fsp3) is 0.250. The highest BCUT2D eigenvalue weighted by Crippen LogP contribution is 2.12. The lowest BCUT2D eigenvalue weighted by atomic mass is 10.3. The van der Waals surface area contributed by atoms with E-state index in [2.05, 4.69) is 10.1 Å². The van der Waals surface area contributed by atoms with Gasteiger partial charge in [-0.05, 0) is 6.92 Å². The Balaban J connectivity index is 2.62. The summed E-state index contributed by atoms with van der Waals surface area (Å²) < 4.78 is 1.63. The van der Waals surface area contributed by atoms with Gasteiger partial charge in [0.1, 0.15) is 0 Å². The van der Waals surface area contributed by atoms with Crippen molar-refractivity contribution in [2.75, 3.05) is 0 Å². The predicted molar refractivity (Wildman–Crippen MR) is 50.6 cm³/mol. The maximum atomic E-state index is 5.75. The fourth-order valence-electron chi connectivity index (χ4n) is 1.09. The maximum Gasteiger partial charge on any atom is 0.155 e. The molecule has 0 aliphatic carbocycles. The Morgan fingerprint density at radius 1 is 1.62 bits per heavy atom. The largest absolute Gasteiger partial charge is 0.323 e. The summed E-state index contributed by atoms with van der Waals surface area (Å²) in [5.41, 5.74) is 7.25. The minimum Gasteiger partial charge on any atom is -0.323 e. The van der Waals surface area contributed by atoms with Gasteiger partial charge in [0.05, 0.1) is 16.9 Å². The summed E-state index contributed by atoms with van der Waals surface area (Å²) in [4.78, 5) is 4.10. The fourth-order valence-corrected chi connectivity index (χ4v) is 1.24. The van der Waals surface area contributed by atoms with E-state index in [0.717, 1.165) is 11.3 Å². The molecule has 0 aromatic carbocycles. The molecule has 2 N–H and O–H groups in total. The second-order valence-corrected chi connectivity index (χ2v) is 3.37. The molecular formula is C8H9ClN4. The lowest BCUT2D eigenvalue weighted by Crippen LogP contribution is -2.05. The molecule has 0 bridgehead atoms. The molecule has 0 radical (unpaired) electrons. The Labute approximate surface area is 80.3 Å². The van der Waals surface area contributed by atoms with E-state index in [1.54, 1.807) is 16.9 Å². The lowest BCUT2D eigenvalue weighted by Gasteiger charge is -1.95. The molecule has 0 aliphatic heterocycles. The van der Waals surface area contributed by atoms with E-state index in [1.165, 1.54) is 0 Å².